The van der Waals surface area contributed by atoms with Gasteiger partial charge in [0.15, 0.2) is 0 Å². The number of rotatable bonds is 4. The fraction of sp³-hybridized carbons (Fsp3) is 0.529. The number of carbonyl (C=O) groups excluding carboxylic acids is 2. The van der Waals surface area contributed by atoms with Gasteiger partial charge in [-0.15, -0.1) is 0 Å². The van der Waals surface area contributed by atoms with Gasteiger partial charge in [-0.3, -0.25) is 14.5 Å². The molecule has 1 heterocycles. The number of hydrogen-bond donors (Lipinski definition) is 1. The molecule has 0 radical (unpaired) electrons. The van der Waals surface area contributed by atoms with E-state index in [4.69, 9.17) is 0 Å². The second-order valence-corrected chi connectivity index (χ2v) is 7.27. The Bertz CT molecular complexity index is 643. The number of nitrogens with zero attached hydrogens (tertiary/aromatic N) is 2. The third-order valence-corrected chi connectivity index (χ3v) is 5.30. The molecular formula is C17H21BrFN3O2. The predicted octanol–water partition coefficient (Wildman–Crippen LogP) is 2.01. The molecule has 1 unspecified atom stereocenters. The van der Waals surface area contributed by atoms with E-state index in [-0.39, 0.29) is 17.9 Å². The molecule has 3 rings (SSSR count). The van der Waals surface area contributed by atoms with Crippen LogP contribution >= 0.6 is 15.9 Å². The Morgan fingerprint density at radius 2 is 1.92 bits per heavy atom. The van der Waals surface area contributed by atoms with Gasteiger partial charge >= 0.3 is 0 Å². The van der Waals surface area contributed by atoms with Crippen LogP contribution in [0.15, 0.2) is 22.7 Å². The highest BCUT2D eigenvalue weighted by Gasteiger charge is 2.31. The van der Waals surface area contributed by atoms with Gasteiger partial charge in [0, 0.05) is 36.7 Å². The van der Waals surface area contributed by atoms with E-state index in [1.54, 1.807) is 11.0 Å². The minimum atomic E-state index is -0.425. The second kappa shape index (κ2) is 7.19. The third-order valence-electron chi connectivity index (χ3n) is 4.61. The number of piperazine rings is 1. The largest absolute Gasteiger partial charge is 0.352 e. The van der Waals surface area contributed by atoms with E-state index in [9.17, 15) is 14.0 Å². The summed E-state index contributed by atoms with van der Waals surface area (Å²) in [6, 6.07) is 4.28. The molecule has 7 heteroatoms. The first-order valence-corrected chi connectivity index (χ1v) is 9.04. The summed E-state index contributed by atoms with van der Waals surface area (Å²) < 4.78 is 14.0. The molecule has 24 heavy (non-hydrogen) atoms. The van der Waals surface area contributed by atoms with Crippen molar-refractivity contribution < 1.29 is 14.0 Å². The maximum atomic E-state index is 13.4. The van der Waals surface area contributed by atoms with Crippen molar-refractivity contribution in [3.05, 3.63) is 34.1 Å². The summed E-state index contributed by atoms with van der Waals surface area (Å²) in [6.45, 7) is 4.24. The number of nitrogens with one attached hydrogen (secondary N) is 1. The van der Waals surface area contributed by atoms with Crippen LogP contribution in [0.2, 0.25) is 0 Å². The van der Waals surface area contributed by atoms with E-state index in [1.165, 1.54) is 12.1 Å². The van der Waals surface area contributed by atoms with Crippen molar-refractivity contribution in [2.75, 3.05) is 26.2 Å². The Kier molecular flexibility index (Phi) is 5.20. The molecule has 1 aromatic rings. The highest BCUT2D eigenvalue weighted by atomic mass is 79.9. The quantitative estimate of drug-likeness (QED) is 0.845. The van der Waals surface area contributed by atoms with Gasteiger partial charge in [-0.2, -0.15) is 0 Å². The molecule has 1 N–H and O–H groups in total. The van der Waals surface area contributed by atoms with E-state index < -0.39 is 5.82 Å². The Morgan fingerprint density at radius 3 is 2.54 bits per heavy atom. The summed E-state index contributed by atoms with van der Waals surface area (Å²) >= 11 is 3.30. The van der Waals surface area contributed by atoms with Crippen LogP contribution in [0.1, 0.15) is 30.1 Å². The lowest BCUT2D eigenvalue weighted by Gasteiger charge is -2.37. The van der Waals surface area contributed by atoms with Gasteiger partial charge in [-0.25, -0.2) is 4.39 Å². The molecule has 5 nitrogen and oxygen atoms in total. The molecule has 1 aliphatic carbocycles. The van der Waals surface area contributed by atoms with Crippen molar-refractivity contribution in [1.29, 1.82) is 0 Å². The first-order chi connectivity index (χ1) is 11.5. The average Bonchev–Trinajstić information content (AvgIpc) is 3.40. The lowest BCUT2D eigenvalue weighted by atomic mass is 10.1. The predicted molar refractivity (Wildman–Crippen MR) is 92.2 cm³/mol. The van der Waals surface area contributed by atoms with Crippen LogP contribution < -0.4 is 5.32 Å². The van der Waals surface area contributed by atoms with Gasteiger partial charge < -0.3 is 10.2 Å². The van der Waals surface area contributed by atoms with Crippen molar-refractivity contribution in [3.8, 4) is 0 Å². The van der Waals surface area contributed by atoms with Crippen molar-refractivity contribution in [3.63, 3.8) is 0 Å². The Hall–Kier alpha value is -1.47. The average molecular weight is 398 g/mol. The molecule has 1 atom stereocenters. The fourth-order valence-electron chi connectivity index (χ4n) is 2.86. The third kappa shape index (κ3) is 3.95. The Balaban J connectivity index is 1.57. The van der Waals surface area contributed by atoms with Gasteiger partial charge in [-0.05, 0) is 53.9 Å². The van der Waals surface area contributed by atoms with Crippen LogP contribution in [0.25, 0.3) is 0 Å². The van der Waals surface area contributed by atoms with Crippen LogP contribution in [0, 0.1) is 5.82 Å². The number of benzene rings is 1. The number of carbonyl (C=O) groups is 2. The summed E-state index contributed by atoms with van der Waals surface area (Å²) in [6.07, 6.45) is 2.15. The molecule has 2 amide bonds. The molecule has 130 valence electrons. The minimum absolute atomic E-state index is 0.0603. The molecular weight excluding hydrogens is 377 g/mol. The molecule has 0 aromatic heterocycles. The van der Waals surface area contributed by atoms with Gasteiger partial charge in [0.05, 0.1) is 11.6 Å². The van der Waals surface area contributed by atoms with Crippen molar-refractivity contribution in [2.45, 2.75) is 31.8 Å². The van der Waals surface area contributed by atoms with Crippen molar-refractivity contribution in [2.24, 2.45) is 0 Å². The number of halogens is 2. The highest BCUT2D eigenvalue weighted by Crippen LogP contribution is 2.21. The second-order valence-electron chi connectivity index (χ2n) is 6.41. The monoisotopic (exact) mass is 397 g/mol. The molecule has 2 fully saturated rings. The maximum Gasteiger partial charge on any atom is 0.255 e. The first kappa shape index (κ1) is 17.4. The summed E-state index contributed by atoms with van der Waals surface area (Å²) in [5, 5.41) is 3.02. The first-order valence-electron chi connectivity index (χ1n) is 8.24. The highest BCUT2D eigenvalue weighted by molar-refractivity contribution is 9.10. The van der Waals surface area contributed by atoms with Crippen LogP contribution in [-0.2, 0) is 4.79 Å². The molecule has 1 saturated carbocycles. The smallest absolute Gasteiger partial charge is 0.255 e. The Morgan fingerprint density at radius 1 is 1.25 bits per heavy atom. The molecule has 1 aliphatic heterocycles. The van der Waals surface area contributed by atoms with Crippen LogP contribution in [0.4, 0.5) is 4.39 Å². The van der Waals surface area contributed by atoms with Crippen LogP contribution in [0.3, 0.4) is 0 Å². The molecule has 2 aliphatic rings. The molecule has 1 aromatic carbocycles. The van der Waals surface area contributed by atoms with E-state index in [1.807, 2.05) is 6.92 Å². The Labute approximate surface area is 149 Å². The number of hydrogen-bond acceptors (Lipinski definition) is 3. The zero-order chi connectivity index (χ0) is 17.3. The standard InChI is InChI=1S/C17H21BrFN3O2/c1-11(16(23)20-13-3-4-13)21-6-8-22(9-7-21)17(24)14-10-12(19)2-5-15(14)18/h2,5,10-11,13H,3-4,6-9H2,1H3,(H,20,23). The van der Waals surface area contributed by atoms with E-state index in [0.29, 0.717) is 42.3 Å². The molecule has 0 bridgehead atoms. The molecule has 0 spiro atoms. The van der Waals surface area contributed by atoms with Crippen LogP contribution in [-0.4, -0.2) is 59.9 Å². The van der Waals surface area contributed by atoms with Crippen LogP contribution in [0.5, 0.6) is 0 Å². The number of amides is 2. The van der Waals surface area contributed by atoms with Crippen molar-refractivity contribution in [1.82, 2.24) is 15.1 Å². The van der Waals surface area contributed by atoms with Gasteiger partial charge in [0.1, 0.15) is 5.82 Å². The van der Waals surface area contributed by atoms with E-state index in [2.05, 4.69) is 26.1 Å². The lowest BCUT2D eigenvalue weighted by molar-refractivity contribution is -0.126. The minimum Gasteiger partial charge on any atom is -0.352 e. The summed E-state index contributed by atoms with van der Waals surface area (Å²) in [4.78, 5) is 28.5. The summed E-state index contributed by atoms with van der Waals surface area (Å²) in [5.74, 6) is -0.549. The van der Waals surface area contributed by atoms with Crippen molar-refractivity contribution >= 4 is 27.7 Å². The topological polar surface area (TPSA) is 52.7 Å². The normalized spacial score (nSPS) is 19.9. The molecule has 1 saturated heterocycles. The summed E-state index contributed by atoms with van der Waals surface area (Å²) in [5.41, 5.74) is 0.336. The van der Waals surface area contributed by atoms with Gasteiger partial charge in [-0.1, -0.05) is 0 Å². The summed E-state index contributed by atoms with van der Waals surface area (Å²) in [7, 11) is 0. The van der Waals surface area contributed by atoms with Gasteiger partial charge in [0.2, 0.25) is 5.91 Å². The van der Waals surface area contributed by atoms with E-state index >= 15 is 0 Å². The zero-order valence-electron chi connectivity index (χ0n) is 13.6. The van der Waals surface area contributed by atoms with Gasteiger partial charge in [0.25, 0.3) is 5.91 Å². The SMILES string of the molecule is CC(C(=O)NC1CC1)N1CCN(C(=O)c2cc(F)ccc2Br)CC1. The fourth-order valence-corrected chi connectivity index (χ4v) is 3.28. The maximum absolute atomic E-state index is 13.4. The van der Waals surface area contributed by atoms with E-state index in [0.717, 1.165) is 12.8 Å². The lowest BCUT2D eigenvalue weighted by Crippen LogP contribution is -2.55. The zero-order valence-corrected chi connectivity index (χ0v) is 15.2.